The van der Waals surface area contributed by atoms with Crippen LogP contribution in [0.2, 0.25) is 9.49 Å². The van der Waals surface area contributed by atoms with E-state index in [1.807, 2.05) is 6.92 Å². The Morgan fingerprint density at radius 2 is 2.20 bits per heavy atom. The molecule has 0 N–H and O–H groups in total. The highest BCUT2D eigenvalue weighted by Gasteiger charge is 2.05. The maximum Gasteiger partial charge on any atom is 0.159 e. The molecule has 54 valence electrons. The molecule has 0 spiro atoms. The minimum Gasteiger partial charge on any atom is -0.223 e. The fourth-order valence-corrected chi connectivity index (χ4v) is 1.59. The van der Waals surface area contributed by atoms with Crippen LogP contribution in [0.15, 0.2) is 6.58 Å². The van der Waals surface area contributed by atoms with Gasteiger partial charge in [0.25, 0.3) is 0 Å². The zero-order valence-electron chi connectivity index (χ0n) is 5.32. The Bertz CT molecular complexity index is 247. The number of nitrogens with zero attached hydrogens (tertiary/aromatic N) is 1. The van der Waals surface area contributed by atoms with Crippen molar-refractivity contribution in [1.29, 1.82) is 0 Å². The lowest BCUT2D eigenvalue weighted by molar-refractivity contribution is 1.37. The Hall–Kier alpha value is -0.0500. The largest absolute Gasteiger partial charge is 0.223 e. The van der Waals surface area contributed by atoms with Crippen LogP contribution in [-0.2, 0) is 0 Å². The normalized spacial score (nSPS) is 9.90. The number of thiazole rings is 1. The van der Waals surface area contributed by atoms with Gasteiger partial charge >= 0.3 is 0 Å². The quantitative estimate of drug-likeness (QED) is 0.666. The standard InChI is InChI=1S/C6H5Cl2NS/c1-3(2)6-9-4(7)5(8)10-6/h1H2,2H3. The molecule has 0 fully saturated rings. The predicted octanol–water partition coefficient (Wildman–Crippen LogP) is 3.48. The van der Waals surface area contributed by atoms with Gasteiger partial charge in [0.05, 0.1) is 0 Å². The van der Waals surface area contributed by atoms with E-state index in [9.17, 15) is 0 Å². The van der Waals surface area contributed by atoms with E-state index in [2.05, 4.69) is 11.6 Å². The summed E-state index contributed by atoms with van der Waals surface area (Å²) >= 11 is 12.6. The summed E-state index contributed by atoms with van der Waals surface area (Å²) in [5.41, 5.74) is 0.888. The van der Waals surface area contributed by atoms with Gasteiger partial charge in [0.1, 0.15) is 9.34 Å². The van der Waals surface area contributed by atoms with Gasteiger partial charge in [-0.2, -0.15) is 0 Å². The predicted molar refractivity (Wildman–Crippen MR) is 46.8 cm³/mol. The van der Waals surface area contributed by atoms with Crippen LogP contribution in [0.3, 0.4) is 0 Å². The molecule has 0 unspecified atom stereocenters. The lowest BCUT2D eigenvalue weighted by atomic mass is 10.4. The SMILES string of the molecule is C=C(C)c1nc(Cl)c(Cl)s1. The molecule has 0 aliphatic heterocycles. The smallest absolute Gasteiger partial charge is 0.159 e. The van der Waals surface area contributed by atoms with Crippen LogP contribution in [0.1, 0.15) is 11.9 Å². The summed E-state index contributed by atoms with van der Waals surface area (Å²) in [6.07, 6.45) is 0. The number of allylic oxidation sites excluding steroid dienone is 1. The van der Waals surface area contributed by atoms with Crippen LogP contribution in [0, 0.1) is 0 Å². The number of halogens is 2. The van der Waals surface area contributed by atoms with E-state index in [0.717, 1.165) is 10.6 Å². The molecule has 0 aliphatic rings. The van der Waals surface area contributed by atoms with Crippen molar-refractivity contribution in [3.05, 3.63) is 21.1 Å². The average molecular weight is 194 g/mol. The van der Waals surface area contributed by atoms with E-state index < -0.39 is 0 Å². The van der Waals surface area contributed by atoms with Crippen LogP contribution in [0.25, 0.3) is 5.57 Å². The Labute approximate surface area is 73.3 Å². The summed E-state index contributed by atoms with van der Waals surface area (Å²) in [5.74, 6) is 0. The van der Waals surface area contributed by atoms with Crippen LogP contribution in [0.4, 0.5) is 0 Å². The number of hydrogen-bond acceptors (Lipinski definition) is 2. The van der Waals surface area contributed by atoms with Crippen LogP contribution >= 0.6 is 34.5 Å². The maximum atomic E-state index is 5.66. The fourth-order valence-electron chi connectivity index (χ4n) is 0.465. The first-order valence-electron chi connectivity index (χ1n) is 2.59. The molecule has 4 heteroatoms. The number of aromatic nitrogens is 1. The van der Waals surface area contributed by atoms with Gasteiger partial charge in [0, 0.05) is 0 Å². The second-order valence-corrected chi connectivity index (χ2v) is 3.82. The van der Waals surface area contributed by atoms with Crippen LogP contribution in [0.5, 0.6) is 0 Å². The topological polar surface area (TPSA) is 12.9 Å². The molecule has 0 amide bonds. The van der Waals surface area contributed by atoms with Crippen LogP contribution < -0.4 is 0 Å². The molecule has 1 aromatic rings. The van der Waals surface area contributed by atoms with E-state index in [4.69, 9.17) is 23.2 Å². The number of rotatable bonds is 1. The van der Waals surface area contributed by atoms with Crippen LogP contribution in [-0.4, -0.2) is 4.98 Å². The van der Waals surface area contributed by atoms with Crippen molar-refractivity contribution in [1.82, 2.24) is 4.98 Å². The first-order valence-corrected chi connectivity index (χ1v) is 4.16. The second-order valence-electron chi connectivity index (χ2n) is 1.86. The molecule has 10 heavy (non-hydrogen) atoms. The van der Waals surface area contributed by atoms with Gasteiger partial charge < -0.3 is 0 Å². The Balaban J connectivity index is 3.10. The molecule has 1 rings (SSSR count). The minimum absolute atomic E-state index is 0.365. The van der Waals surface area contributed by atoms with E-state index in [1.54, 1.807) is 0 Å². The third-order valence-corrected chi connectivity index (χ3v) is 2.81. The Morgan fingerprint density at radius 3 is 2.40 bits per heavy atom. The molecule has 1 nitrogen and oxygen atoms in total. The fraction of sp³-hybridized carbons (Fsp3) is 0.167. The molecule has 0 bridgehead atoms. The van der Waals surface area contributed by atoms with E-state index >= 15 is 0 Å². The maximum absolute atomic E-state index is 5.66. The van der Waals surface area contributed by atoms with Gasteiger partial charge in [-0.05, 0) is 12.5 Å². The van der Waals surface area contributed by atoms with Crippen molar-refractivity contribution >= 4 is 40.1 Å². The van der Waals surface area contributed by atoms with Crippen molar-refractivity contribution in [3.8, 4) is 0 Å². The monoisotopic (exact) mass is 193 g/mol. The molecule has 1 aromatic heterocycles. The highest BCUT2D eigenvalue weighted by atomic mass is 35.5. The molecule has 0 radical (unpaired) electrons. The van der Waals surface area contributed by atoms with Gasteiger partial charge in [0.2, 0.25) is 0 Å². The Morgan fingerprint density at radius 1 is 1.60 bits per heavy atom. The zero-order chi connectivity index (χ0) is 7.72. The summed E-state index contributed by atoms with van der Waals surface area (Å²) < 4.78 is 0.527. The molecular formula is C6H5Cl2NS. The lowest BCUT2D eigenvalue weighted by Crippen LogP contribution is -1.71. The van der Waals surface area contributed by atoms with Gasteiger partial charge in [-0.1, -0.05) is 29.8 Å². The van der Waals surface area contributed by atoms with E-state index in [-0.39, 0.29) is 0 Å². The first-order chi connectivity index (χ1) is 4.61. The summed E-state index contributed by atoms with van der Waals surface area (Å²) in [6, 6.07) is 0. The molecule has 0 aromatic carbocycles. The zero-order valence-corrected chi connectivity index (χ0v) is 7.65. The highest BCUT2D eigenvalue weighted by molar-refractivity contribution is 7.17. The molecule has 0 atom stereocenters. The average Bonchev–Trinajstić information content (AvgIpc) is 2.13. The van der Waals surface area contributed by atoms with Crippen molar-refractivity contribution < 1.29 is 0 Å². The number of hydrogen-bond donors (Lipinski definition) is 0. The summed E-state index contributed by atoms with van der Waals surface area (Å²) in [5, 5.41) is 1.17. The lowest BCUT2D eigenvalue weighted by Gasteiger charge is -1.85. The van der Waals surface area contributed by atoms with Crippen molar-refractivity contribution in [2.24, 2.45) is 0 Å². The third-order valence-electron chi connectivity index (χ3n) is 0.913. The Kier molecular flexibility index (Phi) is 2.34. The van der Waals surface area contributed by atoms with Gasteiger partial charge in [-0.15, -0.1) is 11.3 Å². The second kappa shape index (κ2) is 2.91. The molecule has 0 saturated carbocycles. The van der Waals surface area contributed by atoms with Crippen molar-refractivity contribution in [3.63, 3.8) is 0 Å². The molecule has 0 saturated heterocycles. The summed E-state index contributed by atoms with van der Waals surface area (Å²) in [6.45, 7) is 5.58. The van der Waals surface area contributed by atoms with Gasteiger partial charge in [-0.25, -0.2) is 4.98 Å². The molecule has 1 heterocycles. The molecule has 0 aliphatic carbocycles. The van der Waals surface area contributed by atoms with Crippen molar-refractivity contribution in [2.45, 2.75) is 6.92 Å². The summed E-state index contributed by atoms with van der Waals surface area (Å²) in [7, 11) is 0. The minimum atomic E-state index is 0.365. The van der Waals surface area contributed by atoms with Gasteiger partial charge in [-0.3, -0.25) is 0 Å². The van der Waals surface area contributed by atoms with E-state index in [1.165, 1.54) is 11.3 Å². The highest BCUT2D eigenvalue weighted by Crippen LogP contribution is 2.30. The first kappa shape index (κ1) is 8.05. The molecular weight excluding hydrogens is 189 g/mol. The third kappa shape index (κ3) is 1.51. The van der Waals surface area contributed by atoms with Gasteiger partial charge in [0.15, 0.2) is 5.15 Å². The van der Waals surface area contributed by atoms with Crippen molar-refractivity contribution in [2.75, 3.05) is 0 Å². The van der Waals surface area contributed by atoms with E-state index in [0.29, 0.717) is 9.49 Å². The summed E-state index contributed by atoms with van der Waals surface area (Å²) in [4.78, 5) is 3.96.